The number of hydrogen-bond donors (Lipinski definition) is 0. The number of carbonyl (C=O) groups is 4. The number of rotatable bonds is 4. The standard InChI is InChI=1S/C32H20O8S8/c1-37-25(33)21-22(26(34)38-2)46-31(45-21)19-17(29-41-13-9-5-6-10-14(13)42-29)18(30-43-15-11-7-8-12-16(15)44-30)20(19)32-47-23(27(35)39-3)24(48-32)28(36)40-4/h5-12H,1-4H3. The second-order valence-corrected chi connectivity index (χ2v) is 19.0. The van der Waals surface area contributed by atoms with Gasteiger partial charge in [-0.25, -0.2) is 19.2 Å². The first-order valence-corrected chi connectivity index (χ1v) is 20.2. The van der Waals surface area contributed by atoms with Crippen molar-refractivity contribution in [2.75, 3.05) is 28.4 Å². The summed E-state index contributed by atoms with van der Waals surface area (Å²) in [5.41, 5.74) is 3.53. The predicted molar refractivity (Wildman–Crippen MR) is 197 cm³/mol. The summed E-state index contributed by atoms with van der Waals surface area (Å²) >= 11 is 11.2. The Hall–Kier alpha value is -2.44. The van der Waals surface area contributed by atoms with Crippen LogP contribution in [0.1, 0.15) is 0 Å². The SMILES string of the molecule is COC(=O)C1=C(C(=O)OC)SC(=C2C(=C3SC(C(=O)OC)=C(C(=O)OC)S3)C(=C3Sc4ccccc4S3)C2=C2Sc3ccccc3S2)S1. The fourth-order valence-corrected chi connectivity index (χ4v) is 15.2. The van der Waals surface area contributed by atoms with E-state index < -0.39 is 23.9 Å². The van der Waals surface area contributed by atoms with Crippen LogP contribution in [-0.4, -0.2) is 52.3 Å². The molecular weight excluding hydrogens is 769 g/mol. The lowest BCUT2D eigenvalue weighted by atomic mass is 9.78. The van der Waals surface area contributed by atoms with Gasteiger partial charge in [0.05, 0.1) is 45.4 Å². The van der Waals surface area contributed by atoms with Crippen LogP contribution in [0.3, 0.4) is 0 Å². The molecule has 48 heavy (non-hydrogen) atoms. The summed E-state index contributed by atoms with van der Waals surface area (Å²) in [5, 5.41) is 0. The highest BCUT2D eigenvalue weighted by Gasteiger charge is 2.48. The lowest BCUT2D eigenvalue weighted by Crippen LogP contribution is -2.18. The highest BCUT2D eigenvalue weighted by atomic mass is 32.2. The normalized spacial score (nSPS) is 18.4. The molecule has 1 fully saturated rings. The van der Waals surface area contributed by atoms with E-state index in [0.29, 0.717) is 8.47 Å². The van der Waals surface area contributed by atoms with E-state index in [1.165, 1.54) is 28.4 Å². The van der Waals surface area contributed by atoms with Crippen molar-refractivity contribution in [1.82, 2.24) is 0 Å². The maximum Gasteiger partial charge on any atom is 0.346 e. The zero-order valence-corrected chi connectivity index (χ0v) is 31.7. The van der Waals surface area contributed by atoms with E-state index in [1.807, 2.05) is 24.3 Å². The van der Waals surface area contributed by atoms with Crippen LogP contribution in [0.15, 0.2) is 127 Å². The minimum Gasteiger partial charge on any atom is -0.465 e. The largest absolute Gasteiger partial charge is 0.465 e. The topological polar surface area (TPSA) is 105 Å². The van der Waals surface area contributed by atoms with Crippen LogP contribution in [-0.2, 0) is 38.1 Å². The number of thioether (sulfide) groups is 8. The Morgan fingerprint density at radius 1 is 0.375 bits per heavy atom. The van der Waals surface area contributed by atoms with Crippen molar-refractivity contribution in [2.45, 2.75) is 19.6 Å². The molecule has 0 radical (unpaired) electrons. The third kappa shape index (κ3) is 5.91. The molecule has 8 nitrogen and oxygen atoms in total. The monoisotopic (exact) mass is 788 g/mol. The minimum atomic E-state index is -0.647. The fraction of sp³-hybridized carbons (Fsp3) is 0.125. The molecule has 0 atom stereocenters. The number of hydrogen-bond acceptors (Lipinski definition) is 16. The van der Waals surface area contributed by atoms with Gasteiger partial charge in [-0.15, -0.1) is 0 Å². The summed E-state index contributed by atoms with van der Waals surface area (Å²) in [6.45, 7) is 0. The zero-order valence-electron chi connectivity index (χ0n) is 25.2. The third-order valence-electron chi connectivity index (χ3n) is 7.00. The second kappa shape index (κ2) is 14.1. The van der Waals surface area contributed by atoms with Crippen LogP contribution >= 0.6 is 94.1 Å². The molecule has 0 bridgehead atoms. The van der Waals surface area contributed by atoms with Gasteiger partial charge in [0.25, 0.3) is 0 Å². The van der Waals surface area contributed by atoms with Gasteiger partial charge in [-0.3, -0.25) is 0 Å². The van der Waals surface area contributed by atoms with Crippen LogP contribution in [0, 0.1) is 0 Å². The number of benzene rings is 2. The Bertz CT molecular complexity index is 1800. The average molecular weight is 789 g/mol. The van der Waals surface area contributed by atoms with Crippen molar-refractivity contribution in [3.05, 3.63) is 107 Å². The molecule has 7 rings (SSSR count). The molecule has 0 spiro atoms. The Labute approximate surface area is 309 Å². The van der Waals surface area contributed by atoms with Gasteiger partial charge in [0.15, 0.2) is 0 Å². The van der Waals surface area contributed by atoms with E-state index in [1.54, 1.807) is 47.0 Å². The van der Waals surface area contributed by atoms with Crippen molar-refractivity contribution in [3.63, 3.8) is 0 Å². The Morgan fingerprint density at radius 2 is 0.583 bits per heavy atom. The van der Waals surface area contributed by atoms with Crippen LogP contribution in [0.4, 0.5) is 0 Å². The fourth-order valence-electron chi connectivity index (χ4n) is 4.85. The van der Waals surface area contributed by atoms with Crippen molar-refractivity contribution in [2.24, 2.45) is 0 Å². The third-order valence-corrected chi connectivity index (χ3v) is 17.2. The molecule has 4 heterocycles. The molecule has 1 aliphatic carbocycles. The summed E-state index contributed by atoms with van der Waals surface area (Å²) in [6, 6.07) is 16.3. The molecule has 2 aromatic carbocycles. The Balaban J connectivity index is 1.47. The van der Waals surface area contributed by atoms with Gasteiger partial charge in [-0.05, 0) is 24.3 Å². The molecule has 16 heteroatoms. The van der Waals surface area contributed by atoms with E-state index >= 15 is 0 Å². The van der Waals surface area contributed by atoms with E-state index in [4.69, 9.17) is 18.9 Å². The first-order valence-electron chi connectivity index (χ1n) is 13.7. The van der Waals surface area contributed by atoms with E-state index in [-0.39, 0.29) is 19.6 Å². The first kappa shape index (κ1) is 34.0. The number of esters is 4. The number of methoxy groups -OCH3 is 4. The van der Waals surface area contributed by atoms with Crippen molar-refractivity contribution < 1.29 is 38.1 Å². The van der Waals surface area contributed by atoms with Crippen LogP contribution in [0.5, 0.6) is 0 Å². The summed E-state index contributed by atoms with van der Waals surface area (Å²) < 4.78 is 23.6. The second-order valence-electron chi connectivity index (χ2n) is 9.64. The summed E-state index contributed by atoms with van der Waals surface area (Å²) in [5.74, 6) is -2.59. The van der Waals surface area contributed by atoms with Crippen LogP contribution < -0.4 is 0 Å². The highest BCUT2D eigenvalue weighted by molar-refractivity contribution is 8.30. The van der Waals surface area contributed by atoms with E-state index in [0.717, 1.165) is 97.4 Å². The number of carbonyl (C=O) groups excluding carboxylic acids is 4. The summed E-state index contributed by atoms with van der Waals surface area (Å²) in [7, 11) is 5.07. The molecule has 0 amide bonds. The molecular formula is C32H20O8S8. The maximum atomic E-state index is 12.9. The van der Waals surface area contributed by atoms with Gasteiger partial charge < -0.3 is 18.9 Å². The Kier molecular flexibility index (Phi) is 9.96. The van der Waals surface area contributed by atoms with Crippen molar-refractivity contribution >= 4 is 118 Å². The van der Waals surface area contributed by atoms with E-state index in [2.05, 4.69) is 24.3 Å². The number of allylic oxidation sites excluding steroid dienone is 4. The molecule has 5 aliphatic rings. The number of ether oxygens (including phenoxy) is 4. The summed E-state index contributed by atoms with van der Waals surface area (Å²) in [6.07, 6.45) is 0. The lowest BCUT2D eigenvalue weighted by molar-refractivity contribution is -0.138. The highest BCUT2D eigenvalue weighted by Crippen LogP contribution is 2.70. The first-order chi connectivity index (χ1) is 23.3. The average Bonchev–Trinajstić information content (AvgIpc) is 3.90. The minimum absolute atomic E-state index is 0.133. The molecule has 2 aromatic rings. The maximum absolute atomic E-state index is 12.9. The van der Waals surface area contributed by atoms with Crippen LogP contribution in [0.2, 0.25) is 0 Å². The molecule has 0 saturated heterocycles. The van der Waals surface area contributed by atoms with Crippen molar-refractivity contribution in [1.29, 1.82) is 0 Å². The molecule has 0 unspecified atom stereocenters. The molecule has 4 aliphatic heterocycles. The Morgan fingerprint density at radius 3 is 0.792 bits per heavy atom. The van der Waals surface area contributed by atoms with Crippen LogP contribution in [0.25, 0.3) is 0 Å². The summed E-state index contributed by atoms with van der Waals surface area (Å²) in [4.78, 5) is 56.8. The van der Waals surface area contributed by atoms with Gasteiger partial charge in [0.1, 0.15) is 19.6 Å². The van der Waals surface area contributed by atoms with E-state index in [9.17, 15) is 19.2 Å². The molecule has 1 saturated carbocycles. The van der Waals surface area contributed by atoms with Gasteiger partial charge in [-0.1, -0.05) is 118 Å². The van der Waals surface area contributed by atoms with Gasteiger partial charge in [-0.2, -0.15) is 0 Å². The molecule has 244 valence electrons. The molecule has 0 aromatic heterocycles. The van der Waals surface area contributed by atoms with Crippen molar-refractivity contribution in [3.8, 4) is 0 Å². The smallest absolute Gasteiger partial charge is 0.346 e. The predicted octanol–water partition coefficient (Wildman–Crippen LogP) is 8.72. The zero-order chi connectivity index (χ0) is 33.7. The van der Waals surface area contributed by atoms with Gasteiger partial charge in [0, 0.05) is 41.9 Å². The molecule has 0 N–H and O–H groups in total. The number of fused-ring (bicyclic) bond motifs is 2. The lowest BCUT2D eigenvalue weighted by Gasteiger charge is -2.35. The van der Waals surface area contributed by atoms with Gasteiger partial charge >= 0.3 is 23.9 Å². The quantitative estimate of drug-likeness (QED) is 0.218. The van der Waals surface area contributed by atoms with Gasteiger partial charge in [0.2, 0.25) is 0 Å².